The minimum absolute atomic E-state index is 0.0455. The lowest BCUT2D eigenvalue weighted by molar-refractivity contribution is -0.310. The Bertz CT molecular complexity index is 718. The third kappa shape index (κ3) is 2.29. The lowest BCUT2D eigenvalue weighted by atomic mass is 10.0. The van der Waals surface area contributed by atoms with Crippen LogP contribution in [0.3, 0.4) is 0 Å². The molecule has 1 aliphatic rings. The van der Waals surface area contributed by atoms with Crippen LogP contribution in [-0.2, 0) is 20.8 Å². The van der Waals surface area contributed by atoms with Gasteiger partial charge in [-0.3, -0.25) is 14.5 Å². The number of aromatic nitrogens is 1. The van der Waals surface area contributed by atoms with Crippen LogP contribution in [0, 0.1) is 0 Å². The summed E-state index contributed by atoms with van der Waals surface area (Å²) in [7, 11) is 0. The van der Waals surface area contributed by atoms with Crippen molar-refractivity contribution in [2.45, 2.75) is 25.3 Å². The van der Waals surface area contributed by atoms with Crippen LogP contribution in [0.1, 0.15) is 18.4 Å². The van der Waals surface area contributed by atoms with E-state index in [0.717, 1.165) is 21.4 Å². The fourth-order valence-corrected chi connectivity index (χ4v) is 2.73. The maximum Gasteiger partial charge on any atom is 0.230 e. The quantitative estimate of drug-likeness (QED) is 0.799. The average molecular weight is 285 g/mol. The monoisotopic (exact) mass is 285 g/mol. The van der Waals surface area contributed by atoms with E-state index in [4.69, 9.17) is 0 Å². The molecular formula is C15H13N2O4-. The lowest BCUT2D eigenvalue weighted by Crippen LogP contribution is -2.51. The van der Waals surface area contributed by atoms with Crippen molar-refractivity contribution in [2.75, 3.05) is 0 Å². The molecule has 0 radical (unpaired) electrons. The van der Waals surface area contributed by atoms with Gasteiger partial charge < -0.3 is 14.9 Å². The van der Waals surface area contributed by atoms with Gasteiger partial charge in [-0.25, -0.2) is 0 Å². The maximum atomic E-state index is 11.7. The molecule has 0 bridgehead atoms. The summed E-state index contributed by atoms with van der Waals surface area (Å²) in [5.74, 6) is -2.31. The van der Waals surface area contributed by atoms with E-state index in [9.17, 15) is 19.5 Å². The number of hydrogen-bond donors (Lipinski definition) is 1. The largest absolute Gasteiger partial charge is 0.548 e. The molecule has 2 amide bonds. The summed E-state index contributed by atoms with van der Waals surface area (Å²) in [4.78, 5) is 38.7. The number of carbonyl (C=O) groups is 3. The number of imide groups is 1. The van der Waals surface area contributed by atoms with Gasteiger partial charge in [0.1, 0.15) is 0 Å². The number of H-pyrrole nitrogens is 1. The van der Waals surface area contributed by atoms with Crippen molar-refractivity contribution in [1.29, 1.82) is 0 Å². The fourth-order valence-electron chi connectivity index (χ4n) is 2.73. The van der Waals surface area contributed by atoms with E-state index in [1.165, 1.54) is 0 Å². The Morgan fingerprint density at radius 3 is 2.57 bits per heavy atom. The van der Waals surface area contributed by atoms with E-state index >= 15 is 0 Å². The number of hydrogen-bond acceptors (Lipinski definition) is 4. The van der Waals surface area contributed by atoms with E-state index in [-0.39, 0.29) is 19.3 Å². The number of nitrogens with one attached hydrogen (secondary N) is 1. The van der Waals surface area contributed by atoms with Crippen LogP contribution in [0.5, 0.6) is 0 Å². The number of aromatic amines is 1. The van der Waals surface area contributed by atoms with Gasteiger partial charge >= 0.3 is 0 Å². The fraction of sp³-hybridized carbons (Fsp3) is 0.267. The molecule has 2 aromatic rings. The van der Waals surface area contributed by atoms with Crippen molar-refractivity contribution in [2.24, 2.45) is 0 Å². The molecule has 2 heterocycles. The number of carboxylic acids is 1. The third-order valence-corrected chi connectivity index (χ3v) is 3.76. The number of benzene rings is 1. The summed E-state index contributed by atoms with van der Waals surface area (Å²) < 4.78 is 0. The Morgan fingerprint density at radius 1 is 1.24 bits per heavy atom. The van der Waals surface area contributed by atoms with Crippen LogP contribution in [-0.4, -0.2) is 33.7 Å². The Hall–Kier alpha value is -2.63. The average Bonchev–Trinajstić information content (AvgIpc) is 3.01. The number of para-hydroxylation sites is 1. The van der Waals surface area contributed by atoms with Crippen LogP contribution in [0.4, 0.5) is 0 Å². The first-order chi connectivity index (χ1) is 10.1. The lowest BCUT2D eigenvalue weighted by Gasteiger charge is -2.26. The van der Waals surface area contributed by atoms with E-state index < -0.39 is 23.8 Å². The Kier molecular flexibility index (Phi) is 3.21. The van der Waals surface area contributed by atoms with Gasteiger partial charge in [0.25, 0.3) is 0 Å². The molecule has 0 unspecified atom stereocenters. The van der Waals surface area contributed by atoms with Crippen molar-refractivity contribution in [3.05, 3.63) is 36.0 Å². The van der Waals surface area contributed by atoms with Crippen molar-refractivity contribution in [1.82, 2.24) is 9.88 Å². The van der Waals surface area contributed by atoms with Gasteiger partial charge in [-0.05, 0) is 11.6 Å². The number of likely N-dealkylation sites (tertiary alicyclic amines) is 1. The zero-order valence-corrected chi connectivity index (χ0v) is 11.2. The van der Waals surface area contributed by atoms with Crippen LogP contribution in [0.25, 0.3) is 10.9 Å². The number of rotatable bonds is 4. The van der Waals surface area contributed by atoms with E-state index in [0.29, 0.717) is 0 Å². The minimum atomic E-state index is -1.41. The highest BCUT2D eigenvalue weighted by Crippen LogP contribution is 2.23. The van der Waals surface area contributed by atoms with E-state index in [2.05, 4.69) is 4.98 Å². The number of aliphatic carboxylic acids is 1. The first-order valence-corrected chi connectivity index (χ1v) is 6.68. The summed E-state index contributed by atoms with van der Waals surface area (Å²) in [5, 5.41) is 12.3. The van der Waals surface area contributed by atoms with Gasteiger partial charge in [-0.2, -0.15) is 0 Å². The van der Waals surface area contributed by atoms with Gasteiger partial charge in [-0.15, -0.1) is 0 Å². The minimum Gasteiger partial charge on any atom is -0.548 e. The molecule has 1 aromatic heterocycles. The predicted molar refractivity (Wildman–Crippen MR) is 71.9 cm³/mol. The summed E-state index contributed by atoms with van der Waals surface area (Å²) in [5.41, 5.74) is 1.62. The third-order valence-electron chi connectivity index (χ3n) is 3.76. The number of carboxylic acid groups (broad SMARTS) is 1. The molecule has 0 aliphatic carbocycles. The maximum absolute atomic E-state index is 11.7. The van der Waals surface area contributed by atoms with E-state index in [1.807, 2.05) is 24.3 Å². The molecule has 1 fully saturated rings. The summed E-state index contributed by atoms with van der Waals surface area (Å²) >= 11 is 0. The second kappa shape index (κ2) is 5.05. The molecule has 1 aromatic carbocycles. The number of carbonyl (C=O) groups excluding carboxylic acids is 3. The molecule has 1 N–H and O–H groups in total. The van der Waals surface area contributed by atoms with Gasteiger partial charge in [0, 0.05) is 36.4 Å². The first kappa shape index (κ1) is 13.4. The van der Waals surface area contributed by atoms with Crippen LogP contribution >= 0.6 is 0 Å². The second-order valence-corrected chi connectivity index (χ2v) is 5.06. The highest BCUT2D eigenvalue weighted by atomic mass is 16.4. The first-order valence-electron chi connectivity index (χ1n) is 6.68. The molecule has 0 spiro atoms. The number of nitrogens with zero attached hydrogens (tertiary/aromatic N) is 1. The van der Waals surface area contributed by atoms with Crippen LogP contribution in [0.15, 0.2) is 30.5 Å². The second-order valence-electron chi connectivity index (χ2n) is 5.06. The summed E-state index contributed by atoms with van der Waals surface area (Å²) in [6, 6.07) is 6.19. The van der Waals surface area contributed by atoms with Crippen LogP contribution in [0.2, 0.25) is 0 Å². The van der Waals surface area contributed by atoms with Crippen molar-refractivity contribution in [3.63, 3.8) is 0 Å². The molecule has 0 saturated carbocycles. The van der Waals surface area contributed by atoms with Crippen molar-refractivity contribution < 1.29 is 19.5 Å². The Labute approximate surface area is 120 Å². The molecule has 6 heteroatoms. The normalized spacial score (nSPS) is 16.7. The molecular weight excluding hydrogens is 272 g/mol. The highest BCUT2D eigenvalue weighted by Gasteiger charge is 2.35. The number of fused-ring (bicyclic) bond motifs is 1. The van der Waals surface area contributed by atoms with Crippen LogP contribution < -0.4 is 5.11 Å². The van der Waals surface area contributed by atoms with Gasteiger partial charge in [0.15, 0.2) is 0 Å². The van der Waals surface area contributed by atoms with Crippen molar-refractivity contribution in [3.8, 4) is 0 Å². The summed E-state index contributed by atoms with van der Waals surface area (Å²) in [6.07, 6.45) is 1.88. The Balaban J connectivity index is 1.94. The van der Waals surface area contributed by atoms with Gasteiger partial charge in [-0.1, -0.05) is 18.2 Å². The molecule has 108 valence electrons. The SMILES string of the molecule is O=C([O-])[C@@H](Cc1c[nH]c2ccccc12)N1C(=O)CCC1=O. The van der Waals surface area contributed by atoms with Gasteiger partial charge in [0.2, 0.25) is 11.8 Å². The molecule has 1 saturated heterocycles. The predicted octanol–water partition coefficient (Wildman–Crippen LogP) is -0.0221. The molecule has 21 heavy (non-hydrogen) atoms. The summed E-state index contributed by atoms with van der Waals surface area (Å²) in [6.45, 7) is 0. The molecule has 1 aliphatic heterocycles. The highest BCUT2D eigenvalue weighted by molar-refractivity contribution is 6.04. The smallest absolute Gasteiger partial charge is 0.230 e. The zero-order chi connectivity index (χ0) is 15.0. The van der Waals surface area contributed by atoms with Gasteiger partial charge in [0.05, 0.1) is 12.0 Å². The number of amides is 2. The topological polar surface area (TPSA) is 93.3 Å². The zero-order valence-electron chi connectivity index (χ0n) is 11.2. The molecule has 6 nitrogen and oxygen atoms in total. The van der Waals surface area contributed by atoms with Crippen molar-refractivity contribution >= 4 is 28.7 Å². The Morgan fingerprint density at radius 2 is 1.90 bits per heavy atom. The molecule has 3 rings (SSSR count). The van der Waals surface area contributed by atoms with E-state index in [1.54, 1.807) is 6.20 Å². The molecule has 1 atom stereocenters. The standard InChI is InChI=1S/C15H14N2O4/c18-13-5-6-14(19)17(13)12(15(20)21)7-9-8-16-11-4-2-1-3-10(9)11/h1-4,8,12,16H,5-7H2,(H,20,21)/p-1/t12-/m1/s1.